The maximum absolute atomic E-state index is 4.99. The van der Waals surface area contributed by atoms with Crippen LogP contribution in [0.3, 0.4) is 0 Å². The summed E-state index contributed by atoms with van der Waals surface area (Å²) >= 11 is 0. The van der Waals surface area contributed by atoms with Crippen molar-refractivity contribution in [2.45, 2.75) is 25.3 Å². The molecule has 2 nitrogen and oxygen atoms in total. The number of rotatable bonds is 4. The Morgan fingerprint density at radius 2 is 2.20 bits per heavy atom. The molecule has 0 aliphatic heterocycles. The van der Waals surface area contributed by atoms with Crippen LogP contribution in [0.15, 0.2) is 0 Å². The van der Waals surface area contributed by atoms with E-state index >= 15 is 0 Å². The molecule has 2 heteroatoms. The molecular formula is C8H17NO. The Balaban J connectivity index is 2.02. The van der Waals surface area contributed by atoms with Crippen LogP contribution in [0.2, 0.25) is 0 Å². The topological polar surface area (TPSA) is 12.5 Å². The zero-order valence-corrected chi connectivity index (χ0v) is 6.97. The van der Waals surface area contributed by atoms with Gasteiger partial charge in [-0.3, -0.25) is 0 Å². The van der Waals surface area contributed by atoms with Crippen LogP contribution in [0.4, 0.5) is 0 Å². The van der Waals surface area contributed by atoms with E-state index < -0.39 is 0 Å². The molecule has 1 rings (SSSR count). The Labute approximate surface area is 63.2 Å². The predicted octanol–water partition coefficient (Wildman–Crippen LogP) is 1.12. The molecule has 0 atom stereocenters. The molecule has 1 aliphatic carbocycles. The second kappa shape index (κ2) is 3.94. The maximum atomic E-state index is 4.99. The Morgan fingerprint density at radius 3 is 2.60 bits per heavy atom. The third-order valence-corrected chi connectivity index (χ3v) is 2.35. The van der Waals surface area contributed by atoms with Gasteiger partial charge < -0.3 is 9.64 Å². The molecule has 0 aromatic rings. The lowest BCUT2D eigenvalue weighted by atomic mass is 9.92. The van der Waals surface area contributed by atoms with Crippen molar-refractivity contribution < 1.29 is 4.74 Å². The minimum Gasteiger partial charge on any atom is -0.383 e. The first-order chi connectivity index (χ1) is 4.84. The number of likely N-dealkylation sites (N-methyl/N-ethyl adjacent to an activating group) is 1. The lowest BCUT2D eigenvalue weighted by Crippen LogP contribution is -2.38. The van der Waals surface area contributed by atoms with Crippen molar-refractivity contribution in [3.8, 4) is 0 Å². The molecule has 0 unspecified atom stereocenters. The van der Waals surface area contributed by atoms with Crippen molar-refractivity contribution in [2.24, 2.45) is 0 Å². The molecule has 1 aliphatic rings. The van der Waals surface area contributed by atoms with Gasteiger partial charge in [-0.1, -0.05) is 6.42 Å². The fourth-order valence-corrected chi connectivity index (χ4v) is 1.25. The van der Waals surface area contributed by atoms with E-state index in [9.17, 15) is 0 Å². The van der Waals surface area contributed by atoms with E-state index in [0.717, 1.165) is 19.2 Å². The predicted molar refractivity (Wildman–Crippen MR) is 42.1 cm³/mol. The smallest absolute Gasteiger partial charge is 0.0589 e. The summed E-state index contributed by atoms with van der Waals surface area (Å²) in [5.74, 6) is 0. The van der Waals surface area contributed by atoms with Gasteiger partial charge in [0.1, 0.15) is 0 Å². The van der Waals surface area contributed by atoms with Crippen LogP contribution in [-0.2, 0) is 4.74 Å². The monoisotopic (exact) mass is 143 g/mol. The molecule has 10 heavy (non-hydrogen) atoms. The minimum atomic E-state index is 0.857. The summed E-state index contributed by atoms with van der Waals surface area (Å²) in [5, 5.41) is 0. The zero-order valence-electron chi connectivity index (χ0n) is 6.97. The molecule has 0 bridgehead atoms. The normalized spacial score (nSPS) is 19.5. The van der Waals surface area contributed by atoms with Crippen molar-refractivity contribution in [1.29, 1.82) is 0 Å². The van der Waals surface area contributed by atoms with E-state index in [1.54, 1.807) is 7.11 Å². The van der Waals surface area contributed by atoms with E-state index in [0.29, 0.717) is 0 Å². The zero-order chi connectivity index (χ0) is 7.40. The van der Waals surface area contributed by atoms with Gasteiger partial charge in [0, 0.05) is 19.7 Å². The number of hydrogen-bond acceptors (Lipinski definition) is 2. The lowest BCUT2D eigenvalue weighted by Gasteiger charge is -2.34. The van der Waals surface area contributed by atoms with Gasteiger partial charge in [-0.2, -0.15) is 0 Å². The van der Waals surface area contributed by atoms with Crippen molar-refractivity contribution >= 4 is 0 Å². The molecule has 60 valence electrons. The standard InChI is InChI=1S/C8H17NO/c1-9(6-7-10-2)8-4-3-5-8/h8H,3-7H2,1-2H3. The van der Waals surface area contributed by atoms with Gasteiger partial charge in [0.25, 0.3) is 0 Å². The van der Waals surface area contributed by atoms with Gasteiger partial charge in [0.05, 0.1) is 6.61 Å². The van der Waals surface area contributed by atoms with E-state index in [-0.39, 0.29) is 0 Å². The summed E-state index contributed by atoms with van der Waals surface area (Å²) in [7, 11) is 3.94. The molecule has 0 radical (unpaired) electrons. The Kier molecular flexibility index (Phi) is 3.16. The van der Waals surface area contributed by atoms with Crippen LogP contribution < -0.4 is 0 Å². The second-order valence-electron chi connectivity index (χ2n) is 3.06. The first kappa shape index (κ1) is 8.02. The molecule has 0 aromatic carbocycles. The SMILES string of the molecule is COCCN(C)C1CCC1. The molecule has 0 N–H and O–H groups in total. The van der Waals surface area contributed by atoms with Crippen LogP contribution in [0.5, 0.6) is 0 Å². The third-order valence-electron chi connectivity index (χ3n) is 2.35. The number of methoxy groups -OCH3 is 1. The Hall–Kier alpha value is -0.0800. The molecule has 1 fully saturated rings. The molecule has 0 spiro atoms. The quantitative estimate of drug-likeness (QED) is 0.584. The van der Waals surface area contributed by atoms with Crippen molar-refractivity contribution in [3.05, 3.63) is 0 Å². The van der Waals surface area contributed by atoms with E-state index in [1.165, 1.54) is 19.3 Å². The number of hydrogen-bond donors (Lipinski definition) is 0. The van der Waals surface area contributed by atoms with Gasteiger partial charge in [0.15, 0.2) is 0 Å². The van der Waals surface area contributed by atoms with Crippen LogP contribution in [-0.4, -0.2) is 38.3 Å². The molecular weight excluding hydrogens is 126 g/mol. The highest BCUT2D eigenvalue weighted by Crippen LogP contribution is 2.22. The fourth-order valence-electron chi connectivity index (χ4n) is 1.25. The highest BCUT2D eigenvalue weighted by molar-refractivity contribution is 4.77. The summed E-state index contributed by atoms with van der Waals surface area (Å²) in [6.07, 6.45) is 4.20. The molecule has 0 heterocycles. The van der Waals surface area contributed by atoms with Crippen LogP contribution in [0, 0.1) is 0 Å². The average Bonchev–Trinajstić information content (AvgIpc) is 1.79. The van der Waals surface area contributed by atoms with E-state index in [1.807, 2.05) is 0 Å². The fraction of sp³-hybridized carbons (Fsp3) is 1.00. The third kappa shape index (κ3) is 1.96. The highest BCUT2D eigenvalue weighted by atomic mass is 16.5. The molecule has 0 amide bonds. The van der Waals surface area contributed by atoms with Crippen molar-refractivity contribution in [2.75, 3.05) is 27.3 Å². The molecule has 0 aromatic heterocycles. The average molecular weight is 143 g/mol. The minimum absolute atomic E-state index is 0.857. The summed E-state index contributed by atoms with van der Waals surface area (Å²) in [5.41, 5.74) is 0. The van der Waals surface area contributed by atoms with Crippen LogP contribution in [0.25, 0.3) is 0 Å². The van der Waals surface area contributed by atoms with E-state index in [4.69, 9.17) is 4.74 Å². The van der Waals surface area contributed by atoms with Gasteiger partial charge in [-0.25, -0.2) is 0 Å². The van der Waals surface area contributed by atoms with Crippen LogP contribution >= 0.6 is 0 Å². The van der Waals surface area contributed by atoms with Gasteiger partial charge in [0.2, 0.25) is 0 Å². The first-order valence-corrected chi connectivity index (χ1v) is 4.04. The van der Waals surface area contributed by atoms with Crippen molar-refractivity contribution in [3.63, 3.8) is 0 Å². The largest absolute Gasteiger partial charge is 0.383 e. The lowest BCUT2D eigenvalue weighted by molar-refractivity contribution is 0.107. The van der Waals surface area contributed by atoms with Gasteiger partial charge in [-0.05, 0) is 19.9 Å². The maximum Gasteiger partial charge on any atom is 0.0589 e. The number of ether oxygens (including phenoxy) is 1. The first-order valence-electron chi connectivity index (χ1n) is 4.04. The van der Waals surface area contributed by atoms with E-state index in [2.05, 4.69) is 11.9 Å². The summed E-state index contributed by atoms with van der Waals surface area (Å²) < 4.78 is 4.99. The molecule has 0 saturated heterocycles. The number of nitrogens with zero attached hydrogens (tertiary/aromatic N) is 1. The summed E-state index contributed by atoms with van der Waals surface area (Å²) in [6, 6.07) is 0.857. The summed E-state index contributed by atoms with van der Waals surface area (Å²) in [4.78, 5) is 2.40. The van der Waals surface area contributed by atoms with Gasteiger partial charge in [-0.15, -0.1) is 0 Å². The summed E-state index contributed by atoms with van der Waals surface area (Å²) in [6.45, 7) is 1.95. The van der Waals surface area contributed by atoms with Gasteiger partial charge >= 0.3 is 0 Å². The Morgan fingerprint density at radius 1 is 1.50 bits per heavy atom. The Bertz CT molecular complexity index is 91.3. The van der Waals surface area contributed by atoms with Crippen molar-refractivity contribution in [1.82, 2.24) is 4.90 Å². The van der Waals surface area contributed by atoms with Crippen LogP contribution in [0.1, 0.15) is 19.3 Å². The molecule has 1 saturated carbocycles. The second-order valence-corrected chi connectivity index (χ2v) is 3.06. The highest BCUT2D eigenvalue weighted by Gasteiger charge is 2.20.